The van der Waals surface area contributed by atoms with E-state index in [0.29, 0.717) is 27.3 Å². The molecule has 1 saturated carbocycles. The molecule has 1 atom stereocenters. The molecule has 38 heavy (non-hydrogen) atoms. The predicted molar refractivity (Wildman–Crippen MR) is 136 cm³/mol. The average Bonchev–Trinajstić information content (AvgIpc) is 3.72. The highest BCUT2D eigenvalue weighted by Gasteiger charge is 2.40. The number of alkyl halides is 3. The fourth-order valence-electron chi connectivity index (χ4n) is 4.09. The van der Waals surface area contributed by atoms with E-state index in [0.717, 1.165) is 30.4 Å². The lowest BCUT2D eigenvalue weighted by Crippen LogP contribution is -2.35. The molecule has 0 amide bonds. The Kier molecular flexibility index (Phi) is 6.75. The number of halogens is 3. The zero-order valence-corrected chi connectivity index (χ0v) is 21.9. The lowest BCUT2D eigenvalue weighted by atomic mass is 10.1. The molecule has 1 aliphatic carbocycles. The van der Waals surface area contributed by atoms with Gasteiger partial charge >= 0.3 is 6.18 Å². The quantitative estimate of drug-likeness (QED) is 0.336. The molecule has 0 spiro atoms. The number of hydrogen-bond donors (Lipinski definition) is 1. The Hall–Kier alpha value is -3.68. The lowest BCUT2D eigenvalue weighted by Gasteiger charge is -2.21. The van der Waals surface area contributed by atoms with Crippen LogP contribution in [0.25, 0.3) is 22.6 Å². The van der Waals surface area contributed by atoms with Crippen LogP contribution in [0.3, 0.4) is 0 Å². The minimum Gasteiger partial charge on any atom is -0.358 e. The van der Waals surface area contributed by atoms with Gasteiger partial charge in [0.2, 0.25) is 0 Å². The van der Waals surface area contributed by atoms with E-state index in [-0.39, 0.29) is 35.3 Å². The van der Waals surface area contributed by atoms with Crippen molar-refractivity contribution >= 4 is 28.7 Å². The summed E-state index contributed by atoms with van der Waals surface area (Å²) in [6.45, 7) is 4.30. The third-order valence-corrected chi connectivity index (χ3v) is 7.04. The summed E-state index contributed by atoms with van der Waals surface area (Å²) in [6.07, 6.45) is 3.78. The van der Waals surface area contributed by atoms with Gasteiger partial charge in [0, 0.05) is 23.2 Å². The summed E-state index contributed by atoms with van der Waals surface area (Å²) < 4.78 is 42.6. The van der Waals surface area contributed by atoms with Gasteiger partial charge in [0.15, 0.2) is 17.3 Å². The maximum atomic E-state index is 14.0. The molecule has 0 aliphatic heterocycles. The third-order valence-electron chi connectivity index (χ3n) is 6.36. The first-order chi connectivity index (χ1) is 18.1. The maximum absolute atomic E-state index is 14.0. The second kappa shape index (κ2) is 9.89. The minimum atomic E-state index is -4.71. The first-order valence-corrected chi connectivity index (χ1v) is 13.1. The van der Waals surface area contributed by atoms with Crippen molar-refractivity contribution in [2.24, 2.45) is 0 Å². The van der Waals surface area contributed by atoms with Crippen LogP contribution in [-0.2, 0) is 6.54 Å². The highest BCUT2D eigenvalue weighted by Crippen LogP contribution is 2.43. The molecule has 0 unspecified atom stereocenters. The Bertz CT molecular complexity index is 1570. The van der Waals surface area contributed by atoms with Crippen molar-refractivity contribution in [1.82, 2.24) is 39.5 Å². The van der Waals surface area contributed by atoms with Crippen molar-refractivity contribution in [1.29, 1.82) is 0 Å². The Balaban J connectivity index is 1.66. The molecule has 1 aliphatic rings. The number of nitrogens with zero attached hydrogens (tertiary/aromatic N) is 8. The molecular formula is C24H24F3N9OS. The highest BCUT2D eigenvalue weighted by molar-refractivity contribution is 7.98. The Morgan fingerprint density at radius 2 is 1.79 bits per heavy atom. The van der Waals surface area contributed by atoms with E-state index in [9.17, 15) is 18.0 Å². The van der Waals surface area contributed by atoms with Gasteiger partial charge in [0.05, 0.1) is 29.2 Å². The van der Waals surface area contributed by atoms with Gasteiger partial charge in [-0.3, -0.25) is 9.36 Å². The molecule has 0 bridgehead atoms. The zero-order chi connectivity index (χ0) is 27.2. The van der Waals surface area contributed by atoms with Crippen LogP contribution < -0.4 is 10.9 Å². The molecule has 0 radical (unpaired) electrons. The number of rotatable bonds is 7. The van der Waals surface area contributed by atoms with Crippen LogP contribution in [0.15, 0.2) is 28.4 Å². The van der Waals surface area contributed by atoms with Gasteiger partial charge in [0.25, 0.3) is 5.56 Å². The monoisotopic (exact) mass is 543 g/mol. The maximum Gasteiger partial charge on any atom is 0.409 e. The molecule has 5 rings (SSSR count). The van der Waals surface area contributed by atoms with Crippen LogP contribution in [0.4, 0.5) is 19.0 Å². The topological polar surface area (TPSA) is 124 Å². The van der Waals surface area contributed by atoms with E-state index in [1.807, 2.05) is 6.26 Å². The molecule has 14 heteroatoms. The van der Waals surface area contributed by atoms with E-state index in [2.05, 4.69) is 40.2 Å². The van der Waals surface area contributed by atoms with Crippen molar-refractivity contribution in [3.63, 3.8) is 0 Å². The Labute approximate surface area is 219 Å². The average molecular weight is 544 g/mol. The molecule has 0 saturated heterocycles. The van der Waals surface area contributed by atoms with Crippen molar-refractivity contribution < 1.29 is 13.2 Å². The van der Waals surface area contributed by atoms with Gasteiger partial charge in [-0.1, -0.05) is 0 Å². The van der Waals surface area contributed by atoms with E-state index in [1.165, 1.54) is 18.1 Å². The second-order valence-electron chi connectivity index (χ2n) is 9.04. The van der Waals surface area contributed by atoms with Crippen LogP contribution in [-0.4, -0.2) is 51.9 Å². The number of aryl methyl sites for hydroxylation is 2. The smallest absolute Gasteiger partial charge is 0.358 e. The summed E-state index contributed by atoms with van der Waals surface area (Å²) in [5.41, 5.74) is 1.17. The van der Waals surface area contributed by atoms with E-state index in [4.69, 9.17) is 0 Å². The van der Waals surface area contributed by atoms with Crippen molar-refractivity contribution in [2.75, 3.05) is 11.6 Å². The second-order valence-corrected chi connectivity index (χ2v) is 9.92. The standard InChI is InChI=1S/C24H24F3N9OS/c1-11-17(19(14-5-6-14)32-10-31-11)20-33-12(2)18-22(35-20)36(13(3)24(25,26)27)23(37)21(34-18)30-9-16-28-7-15(38-4)8-29-16/h7-8,10,13-14H,5-6,9H2,1-4H3,(H,30,34)/t13-/m0/s1. The largest absolute Gasteiger partial charge is 0.409 e. The van der Waals surface area contributed by atoms with E-state index >= 15 is 0 Å². The summed E-state index contributed by atoms with van der Waals surface area (Å²) in [4.78, 5) is 44.7. The molecular weight excluding hydrogens is 519 g/mol. The van der Waals surface area contributed by atoms with E-state index < -0.39 is 17.8 Å². The van der Waals surface area contributed by atoms with Gasteiger partial charge < -0.3 is 5.32 Å². The van der Waals surface area contributed by atoms with Gasteiger partial charge in [-0.2, -0.15) is 13.2 Å². The van der Waals surface area contributed by atoms with Crippen molar-refractivity contribution in [3.05, 3.63) is 52.0 Å². The molecule has 0 aromatic carbocycles. The number of fused-ring (bicyclic) bond motifs is 1. The van der Waals surface area contributed by atoms with Gasteiger partial charge in [0.1, 0.15) is 23.7 Å². The summed E-state index contributed by atoms with van der Waals surface area (Å²) in [5.74, 6) is 0.473. The summed E-state index contributed by atoms with van der Waals surface area (Å²) in [6, 6.07) is -2.17. The molecule has 4 aromatic rings. The van der Waals surface area contributed by atoms with Crippen LogP contribution in [0, 0.1) is 13.8 Å². The minimum absolute atomic E-state index is 0.00785. The number of hydrogen-bond acceptors (Lipinski definition) is 10. The van der Waals surface area contributed by atoms with Crippen LogP contribution >= 0.6 is 11.8 Å². The van der Waals surface area contributed by atoms with Gasteiger partial charge in [-0.15, -0.1) is 11.8 Å². The Morgan fingerprint density at radius 1 is 1.08 bits per heavy atom. The fraction of sp³-hybridized carbons (Fsp3) is 0.417. The van der Waals surface area contributed by atoms with Crippen molar-refractivity contribution in [3.8, 4) is 11.4 Å². The third kappa shape index (κ3) is 4.91. The normalized spacial score (nSPS) is 14.6. The van der Waals surface area contributed by atoms with Gasteiger partial charge in [-0.05, 0) is 39.9 Å². The van der Waals surface area contributed by atoms with Crippen LogP contribution in [0.5, 0.6) is 0 Å². The summed E-state index contributed by atoms with van der Waals surface area (Å²) >= 11 is 1.47. The van der Waals surface area contributed by atoms with Crippen molar-refractivity contribution in [2.45, 2.75) is 63.2 Å². The lowest BCUT2D eigenvalue weighted by molar-refractivity contribution is -0.162. The Morgan fingerprint density at radius 3 is 2.42 bits per heavy atom. The van der Waals surface area contributed by atoms with Crippen LogP contribution in [0.1, 0.15) is 54.6 Å². The fourth-order valence-corrected chi connectivity index (χ4v) is 4.41. The first kappa shape index (κ1) is 25.9. The van der Waals surface area contributed by atoms with Gasteiger partial charge in [-0.25, -0.2) is 34.9 Å². The van der Waals surface area contributed by atoms with E-state index in [1.54, 1.807) is 26.2 Å². The number of thioether (sulfide) groups is 1. The number of aromatic nitrogens is 8. The molecule has 198 valence electrons. The molecule has 4 aromatic heterocycles. The molecule has 1 N–H and O–H groups in total. The SMILES string of the molecule is CSc1cnc(CNc2nc3c(C)nc(-c4c(C)ncnc4C4CC4)nc3n([C@@H](C)C(F)(F)F)c2=O)nc1. The summed E-state index contributed by atoms with van der Waals surface area (Å²) in [5, 5.41) is 2.80. The number of anilines is 1. The highest BCUT2D eigenvalue weighted by atomic mass is 32.2. The first-order valence-electron chi connectivity index (χ1n) is 11.9. The number of nitrogens with one attached hydrogen (secondary N) is 1. The molecule has 1 fully saturated rings. The predicted octanol–water partition coefficient (Wildman–Crippen LogP) is 4.39. The zero-order valence-electron chi connectivity index (χ0n) is 21.0. The summed E-state index contributed by atoms with van der Waals surface area (Å²) in [7, 11) is 0. The molecule has 10 nitrogen and oxygen atoms in total. The van der Waals surface area contributed by atoms with Crippen LogP contribution in [0.2, 0.25) is 0 Å². The molecule has 4 heterocycles.